The third kappa shape index (κ3) is 5.98. The quantitative estimate of drug-likeness (QED) is 0.203. The highest BCUT2D eigenvalue weighted by Gasteiger charge is 2.42. The van der Waals surface area contributed by atoms with Gasteiger partial charge in [-0.3, -0.25) is 14.6 Å². The van der Waals surface area contributed by atoms with Crippen molar-refractivity contribution in [1.82, 2.24) is 34.3 Å². The van der Waals surface area contributed by atoms with Crippen molar-refractivity contribution in [3.8, 4) is 17.3 Å². The number of ether oxygens (including phenoxy) is 1. The lowest BCUT2D eigenvalue weighted by Crippen LogP contribution is -2.51. The summed E-state index contributed by atoms with van der Waals surface area (Å²) in [6, 6.07) is 10.5. The van der Waals surface area contributed by atoms with Gasteiger partial charge in [-0.15, -0.1) is 0 Å². The Kier molecular flexibility index (Phi) is 8.43. The highest BCUT2D eigenvalue weighted by Crippen LogP contribution is 2.45. The molecule has 4 aromatic heterocycles. The number of hydrogen-bond donors (Lipinski definition) is 2. The standard InChI is InChI=1S/C40H43F3N8O3/c1-21-30-12-8-24-16-32(49(36(24)47-30)13-5-3-4-6-22-18-34(40(41,42)43)45-19-28(22)38(52)46-21)37-48-31-15-25(17-33(54-2)35(31)51(37)26-10-11-26)39(53)50-20-29(44)23-7-9-27(50)14-23/h8,12,15-19,21,23,26-27,29H,3-7,9-11,13-14,20,44H2,1-2H3,(H,46,52)/t21-,23-,27+,29+/m1/s1. The van der Waals surface area contributed by atoms with Crippen LogP contribution in [0.3, 0.4) is 0 Å². The lowest BCUT2D eigenvalue weighted by Gasteiger charge is -2.37. The fourth-order valence-corrected chi connectivity index (χ4v) is 8.91. The number of aromatic nitrogens is 5. The van der Waals surface area contributed by atoms with Crippen LogP contribution in [0.1, 0.15) is 108 Å². The van der Waals surface area contributed by atoms with Gasteiger partial charge in [0.15, 0.2) is 5.82 Å². The maximum Gasteiger partial charge on any atom is 0.433 e. The minimum Gasteiger partial charge on any atom is -0.494 e. The van der Waals surface area contributed by atoms with Gasteiger partial charge in [0.25, 0.3) is 11.8 Å². The molecule has 4 atom stereocenters. The molecule has 3 N–H and O–H groups in total. The van der Waals surface area contributed by atoms with Gasteiger partial charge in [-0.1, -0.05) is 6.42 Å². The molecule has 1 saturated heterocycles. The van der Waals surface area contributed by atoms with Crippen molar-refractivity contribution >= 4 is 33.9 Å². The number of nitrogens with one attached hydrogen (secondary N) is 1. The Hall–Kier alpha value is -4.98. The Bertz CT molecular complexity index is 2310. The SMILES string of the molecule is COc1cc(C(=O)N2C[C@H](N)[C@@H]3CC[C@H]2C3)cc2nc(-c3cc4ccc5nc4n3CCCCCc3cc(C(F)(F)F)ncc3C(=O)N[C@@H]5C)n(C3CC3)c12. The van der Waals surface area contributed by atoms with E-state index in [0.29, 0.717) is 66.4 Å². The maximum atomic E-state index is 14.1. The second-order valence-corrected chi connectivity index (χ2v) is 15.5. The summed E-state index contributed by atoms with van der Waals surface area (Å²) in [7, 11) is 1.63. The van der Waals surface area contributed by atoms with Gasteiger partial charge in [0.05, 0.1) is 35.6 Å². The molecule has 2 saturated carbocycles. The van der Waals surface area contributed by atoms with Gasteiger partial charge in [0, 0.05) is 48.4 Å². The summed E-state index contributed by atoms with van der Waals surface area (Å²) >= 11 is 0. The Morgan fingerprint density at radius 2 is 1.83 bits per heavy atom. The van der Waals surface area contributed by atoms with Gasteiger partial charge < -0.3 is 29.8 Å². The van der Waals surface area contributed by atoms with Crippen LogP contribution < -0.4 is 15.8 Å². The average Bonchev–Trinajstić information content (AvgIpc) is 3.62. The molecule has 54 heavy (non-hydrogen) atoms. The maximum absolute atomic E-state index is 14.1. The van der Waals surface area contributed by atoms with Gasteiger partial charge in [-0.2, -0.15) is 13.2 Å². The van der Waals surface area contributed by atoms with Gasteiger partial charge >= 0.3 is 6.18 Å². The molecule has 0 radical (unpaired) electrons. The number of fused-ring (bicyclic) bond motifs is 5. The zero-order chi connectivity index (χ0) is 37.5. The van der Waals surface area contributed by atoms with E-state index in [1.54, 1.807) is 7.11 Å². The number of likely N-dealkylation sites (tertiary alicyclic amines) is 1. The molecule has 0 unspecified atom stereocenters. The molecule has 9 rings (SSSR count). The smallest absolute Gasteiger partial charge is 0.433 e. The lowest BCUT2D eigenvalue weighted by molar-refractivity contribution is -0.141. The van der Waals surface area contributed by atoms with Crippen molar-refractivity contribution in [2.45, 2.75) is 102 Å². The fraction of sp³-hybridized carbons (Fsp3) is 0.475. The predicted octanol–water partition coefficient (Wildman–Crippen LogP) is 6.98. The molecular weight excluding hydrogens is 697 g/mol. The second kappa shape index (κ2) is 13.1. The third-order valence-electron chi connectivity index (χ3n) is 11.9. The van der Waals surface area contributed by atoms with E-state index < -0.39 is 23.8 Å². The number of hydrogen-bond acceptors (Lipinski definition) is 7. The summed E-state index contributed by atoms with van der Waals surface area (Å²) in [4.78, 5) is 43.3. The fourth-order valence-electron chi connectivity index (χ4n) is 8.91. The molecule has 282 valence electrons. The van der Waals surface area contributed by atoms with E-state index in [2.05, 4.69) is 25.5 Å². The number of aryl methyl sites for hydroxylation is 2. The number of methoxy groups -OCH3 is 1. The summed E-state index contributed by atoms with van der Waals surface area (Å²) in [5.74, 6) is 1.29. The van der Waals surface area contributed by atoms with E-state index in [4.69, 9.17) is 20.4 Å². The Morgan fingerprint density at radius 3 is 2.61 bits per heavy atom. The number of halogens is 3. The number of carbonyl (C=O) groups is 2. The number of carbonyl (C=O) groups excluding carboxylic acids is 2. The van der Waals surface area contributed by atoms with Crippen LogP contribution in [0.15, 0.2) is 42.6 Å². The van der Waals surface area contributed by atoms with Crippen molar-refractivity contribution in [1.29, 1.82) is 0 Å². The van der Waals surface area contributed by atoms with Crippen LogP contribution in [-0.4, -0.2) is 66.5 Å². The van der Waals surface area contributed by atoms with Gasteiger partial charge in [-0.05, 0) is 106 Å². The van der Waals surface area contributed by atoms with Crippen molar-refractivity contribution in [2.24, 2.45) is 11.7 Å². The number of alkyl halides is 3. The summed E-state index contributed by atoms with van der Waals surface area (Å²) in [5.41, 5.74) is 10.3. The topological polar surface area (TPSA) is 133 Å². The number of amides is 2. The molecule has 1 aromatic carbocycles. The molecule has 5 aromatic rings. The van der Waals surface area contributed by atoms with Crippen LogP contribution >= 0.6 is 0 Å². The van der Waals surface area contributed by atoms with Crippen molar-refractivity contribution in [2.75, 3.05) is 13.7 Å². The minimum absolute atomic E-state index is 0.0208. The number of nitrogens with zero attached hydrogens (tertiary/aromatic N) is 6. The Labute approximate surface area is 310 Å². The molecule has 14 heteroatoms. The molecular formula is C40H43F3N8O3. The van der Waals surface area contributed by atoms with Gasteiger partial charge in [0.2, 0.25) is 0 Å². The van der Waals surface area contributed by atoms with Crippen molar-refractivity contribution < 1.29 is 27.5 Å². The largest absolute Gasteiger partial charge is 0.494 e. The number of pyridine rings is 2. The molecule has 2 aliphatic carbocycles. The number of imidazole rings is 1. The zero-order valence-electron chi connectivity index (χ0n) is 30.3. The third-order valence-corrected chi connectivity index (χ3v) is 11.9. The molecule has 11 nitrogen and oxygen atoms in total. The first-order valence-electron chi connectivity index (χ1n) is 19.0. The van der Waals surface area contributed by atoms with Crippen LogP contribution in [0.5, 0.6) is 5.75 Å². The summed E-state index contributed by atoms with van der Waals surface area (Å²) < 4.78 is 51.2. The first kappa shape index (κ1) is 34.8. The highest BCUT2D eigenvalue weighted by molar-refractivity contribution is 6.00. The summed E-state index contributed by atoms with van der Waals surface area (Å²) in [6.07, 6.45) is 3.70. The van der Waals surface area contributed by atoms with Crippen molar-refractivity contribution in [3.05, 3.63) is 70.7 Å². The molecule has 3 fully saturated rings. The lowest BCUT2D eigenvalue weighted by atomic mass is 9.94. The Morgan fingerprint density at radius 1 is 1.02 bits per heavy atom. The van der Waals surface area contributed by atoms with Crippen LogP contribution in [0.2, 0.25) is 0 Å². The monoisotopic (exact) mass is 740 g/mol. The van der Waals surface area contributed by atoms with Gasteiger partial charge in [-0.25, -0.2) is 9.97 Å². The van der Waals surface area contributed by atoms with Crippen LogP contribution in [0.4, 0.5) is 13.2 Å². The van der Waals surface area contributed by atoms with E-state index in [1.165, 1.54) is 0 Å². The predicted molar refractivity (Wildman–Crippen MR) is 196 cm³/mol. The summed E-state index contributed by atoms with van der Waals surface area (Å²) in [5, 5.41) is 3.86. The van der Waals surface area contributed by atoms with Crippen LogP contribution in [-0.2, 0) is 19.1 Å². The highest BCUT2D eigenvalue weighted by atomic mass is 19.4. The summed E-state index contributed by atoms with van der Waals surface area (Å²) in [6.45, 7) is 2.95. The van der Waals surface area contributed by atoms with E-state index in [0.717, 1.165) is 78.9 Å². The average molecular weight is 741 g/mol. The minimum atomic E-state index is -4.61. The number of benzene rings is 1. The first-order chi connectivity index (χ1) is 26.0. The zero-order valence-corrected chi connectivity index (χ0v) is 30.3. The molecule has 4 bridgehead atoms. The normalized spacial score (nSPS) is 23.4. The van der Waals surface area contributed by atoms with Crippen LogP contribution in [0.25, 0.3) is 33.6 Å². The van der Waals surface area contributed by atoms with E-state index in [-0.39, 0.29) is 29.6 Å². The second-order valence-electron chi connectivity index (χ2n) is 15.5. The molecule has 6 heterocycles. The molecule has 4 aliphatic rings. The van der Waals surface area contributed by atoms with E-state index in [9.17, 15) is 22.8 Å². The van der Waals surface area contributed by atoms with Gasteiger partial charge in [0.1, 0.15) is 22.6 Å². The molecule has 0 spiro atoms. The van der Waals surface area contributed by atoms with Crippen molar-refractivity contribution in [3.63, 3.8) is 0 Å². The molecule has 2 amide bonds. The van der Waals surface area contributed by atoms with E-state index >= 15 is 0 Å². The Balaban J connectivity index is 1.11. The van der Waals surface area contributed by atoms with Crippen LogP contribution in [0, 0.1) is 5.92 Å². The first-order valence-corrected chi connectivity index (χ1v) is 19.0. The van der Waals surface area contributed by atoms with E-state index in [1.807, 2.05) is 36.1 Å². The number of nitrogens with two attached hydrogens (primary N) is 1. The number of piperidine rings is 1. The molecule has 2 aliphatic heterocycles. The number of rotatable bonds is 4.